The Hall–Kier alpha value is -2.42. The van der Waals surface area contributed by atoms with Crippen LogP contribution in [0, 0.1) is 0 Å². The van der Waals surface area contributed by atoms with Crippen molar-refractivity contribution < 1.29 is 0 Å². The Morgan fingerprint density at radius 2 is 1.76 bits per heavy atom. The highest BCUT2D eigenvalue weighted by atomic mass is 14.8. The van der Waals surface area contributed by atoms with Crippen molar-refractivity contribution in [2.24, 2.45) is 0 Å². The summed E-state index contributed by atoms with van der Waals surface area (Å²) in [7, 11) is 0. The van der Waals surface area contributed by atoms with E-state index in [4.69, 9.17) is 5.73 Å². The van der Waals surface area contributed by atoms with E-state index in [1.54, 1.807) is 6.20 Å². The van der Waals surface area contributed by atoms with Crippen molar-refractivity contribution in [1.82, 2.24) is 9.97 Å². The lowest BCUT2D eigenvalue weighted by atomic mass is 10.1. The minimum Gasteiger partial charge on any atom is -0.384 e. The number of benzene rings is 1. The first kappa shape index (κ1) is 9.78. The molecule has 0 atom stereocenters. The molecule has 2 heterocycles. The van der Waals surface area contributed by atoms with Gasteiger partial charge in [0.05, 0.1) is 11.2 Å². The first-order valence-corrected chi connectivity index (χ1v) is 5.41. The maximum Gasteiger partial charge on any atom is 0.124 e. The highest BCUT2D eigenvalue weighted by Gasteiger charge is 2.06. The Bertz CT molecular complexity index is 663. The maximum atomic E-state index is 5.82. The molecular weight excluding hydrogens is 210 g/mol. The highest BCUT2D eigenvalue weighted by Crippen LogP contribution is 2.27. The summed E-state index contributed by atoms with van der Waals surface area (Å²) in [4.78, 5) is 8.67. The van der Waals surface area contributed by atoms with E-state index in [-0.39, 0.29) is 0 Å². The maximum absolute atomic E-state index is 5.82. The van der Waals surface area contributed by atoms with Crippen molar-refractivity contribution in [3.05, 3.63) is 54.7 Å². The van der Waals surface area contributed by atoms with Crippen LogP contribution in [0.3, 0.4) is 0 Å². The summed E-state index contributed by atoms with van der Waals surface area (Å²) in [5.74, 6) is 0.518. The van der Waals surface area contributed by atoms with E-state index in [0.717, 1.165) is 22.2 Å². The van der Waals surface area contributed by atoms with Gasteiger partial charge in [0.25, 0.3) is 0 Å². The number of hydrogen-bond donors (Lipinski definition) is 1. The third kappa shape index (κ3) is 1.72. The van der Waals surface area contributed by atoms with Crippen molar-refractivity contribution in [3.8, 4) is 11.3 Å². The number of nitrogens with two attached hydrogens (primary N) is 1. The zero-order valence-corrected chi connectivity index (χ0v) is 9.17. The summed E-state index contributed by atoms with van der Waals surface area (Å²) in [6, 6.07) is 15.6. The fourth-order valence-electron chi connectivity index (χ4n) is 1.93. The van der Waals surface area contributed by atoms with Crippen LogP contribution in [-0.4, -0.2) is 9.97 Å². The van der Waals surface area contributed by atoms with Gasteiger partial charge in [0.15, 0.2) is 0 Å². The van der Waals surface area contributed by atoms with Crippen LogP contribution in [0.2, 0.25) is 0 Å². The molecule has 0 aliphatic carbocycles. The van der Waals surface area contributed by atoms with E-state index in [9.17, 15) is 0 Å². The van der Waals surface area contributed by atoms with Gasteiger partial charge in [-0.15, -0.1) is 0 Å². The van der Waals surface area contributed by atoms with Gasteiger partial charge < -0.3 is 5.73 Å². The molecule has 0 fully saturated rings. The minimum atomic E-state index is 0.518. The Morgan fingerprint density at radius 3 is 2.59 bits per heavy atom. The van der Waals surface area contributed by atoms with Crippen molar-refractivity contribution in [2.75, 3.05) is 5.73 Å². The number of anilines is 1. The van der Waals surface area contributed by atoms with Crippen molar-refractivity contribution in [1.29, 1.82) is 0 Å². The predicted molar refractivity (Wildman–Crippen MR) is 69.4 cm³/mol. The van der Waals surface area contributed by atoms with Gasteiger partial charge in [0.2, 0.25) is 0 Å². The quantitative estimate of drug-likeness (QED) is 0.687. The monoisotopic (exact) mass is 221 g/mol. The SMILES string of the molecule is Nc1cc(-c2ccccn2)c2ccccc2n1. The van der Waals surface area contributed by atoms with Crippen molar-refractivity contribution in [2.45, 2.75) is 0 Å². The molecule has 0 radical (unpaired) electrons. The number of rotatable bonds is 1. The van der Waals surface area contributed by atoms with Gasteiger partial charge in [-0.3, -0.25) is 4.98 Å². The molecule has 0 aliphatic heterocycles. The van der Waals surface area contributed by atoms with Crippen LogP contribution in [0.25, 0.3) is 22.2 Å². The molecule has 3 rings (SSSR count). The minimum absolute atomic E-state index is 0.518. The van der Waals surface area contributed by atoms with Crippen LogP contribution in [0.4, 0.5) is 5.82 Å². The molecule has 1 aromatic carbocycles. The number of pyridine rings is 2. The van der Waals surface area contributed by atoms with Gasteiger partial charge >= 0.3 is 0 Å². The molecule has 3 aromatic rings. The molecule has 0 saturated heterocycles. The van der Waals surface area contributed by atoms with Gasteiger partial charge in [-0.25, -0.2) is 4.98 Å². The van der Waals surface area contributed by atoms with Gasteiger partial charge in [-0.05, 0) is 24.3 Å². The average Bonchev–Trinajstić information content (AvgIpc) is 2.39. The topological polar surface area (TPSA) is 51.8 Å². The van der Waals surface area contributed by atoms with Crippen LogP contribution in [0.1, 0.15) is 0 Å². The van der Waals surface area contributed by atoms with E-state index in [0.29, 0.717) is 5.82 Å². The molecule has 17 heavy (non-hydrogen) atoms. The Morgan fingerprint density at radius 1 is 0.941 bits per heavy atom. The predicted octanol–water partition coefficient (Wildman–Crippen LogP) is 2.88. The summed E-state index contributed by atoms with van der Waals surface area (Å²) < 4.78 is 0. The molecule has 0 spiro atoms. The van der Waals surface area contributed by atoms with Gasteiger partial charge in [0.1, 0.15) is 5.82 Å². The molecule has 0 bridgehead atoms. The first-order valence-electron chi connectivity index (χ1n) is 5.41. The normalized spacial score (nSPS) is 10.6. The number of nitrogen functional groups attached to an aromatic ring is 1. The van der Waals surface area contributed by atoms with Crippen LogP contribution in [0.15, 0.2) is 54.7 Å². The largest absolute Gasteiger partial charge is 0.384 e. The zero-order valence-electron chi connectivity index (χ0n) is 9.17. The number of fused-ring (bicyclic) bond motifs is 1. The fraction of sp³-hybridized carbons (Fsp3) is 0. The molecule has 0 unspecified atom stereocenters. The van der Waals surface area contributed by atoms with Gasteiger partial charge in [0, 0.05) is 17.1 Å². The van der Waals surface area contributed by atoms with Crippen LogP contribution >= 0.6 is 0 Å². The Balaban J connectivity index is 2.36. The summed E-state index contributed by atoms with van der Waals surface area (Å²) in [6.45, 7) is 0. The van der Waals surface area contributed by atoms with Crippen LogP contribution in [0.5, 0.6) is 0 Å². The molecule has 2 aromatic heterocycles. The lowest BCUT2D eigenvalue weighted by Gasteiger charge is -2.06. The number of para-hydroxylation sites is 1. The lowest BCUT2D eigenvalue weighted by Crippen LogP contribution is -1.93. The van der Waals surface area contributed by atoms with Crippen LogP contribution < -0.4 is 5.73 Å². The second-order valence-corrected chi connectivity index (χ2v) is 3.83. The summed E-state index contributed by atoms with van der Waals surface area (Å²) >= 11 is 0. The molecule has 3 nitrogen and oxygen atoms in total. The standard InChI is InChI=1S/C14H11N3/c15-14-9-11(12-6-3-4-8-16-12)10-5-1-2-7-13(10)17-14/h1-9H,(H2,15,17). The van der Waals surface area contributed by atoms with E-state index in [1.807, 2.05) is 48.5 Å². The van der Waals surface area contributed by atoms with E-state index < -0.39 is 0 Å². The molecule has 82 valence electrons. The molecular formula is C14H11N3. The third-order valence-electron chi connectivity index (χ3n) is 2.68. The molecule has 0 amide bonds. The highest BCUT2D eigenvalue weighted by molar-refractivity contribution is 5.94. The first-order chi connectivity index (χ1) is 8.34. The van der Waals surface area contributed by atoms with Gasteiger partial charge in [-0.2, -0.15) is 0 Å². The molecule has 3 heteroatoms. The van der Waals surface area contributed by atoms with Gasteiger partial charge in [-0.1, -0.05) is 24.3 Å². The lowest BCUT2D eigenvalue weighted by molar-refractivity contribution is 1.32. The Labute approximate surface area is 98.9 Å². The summed E-state index contributed by atoms with van der Waals surface area (Å²) in [5, 5.41) is 1.07. The Kier molecular flexibility index (Phi) is 2.22. The number of aromatic nitrogens is 2. The smallest absolute Gasteiger partial charge is 0.124 e. The van der Waals surface area contributed by atoms with E-state index in [1.165, 1.54) is 0 Å². The molecule has 0 saturated carbocycles. The zero-order chi connectivity index (χ0) is 11.7. The molecule has 0 aliphatic rings. The number of nitrogens with zero attached hydrogens (tertiary/aromatic N) is 2. The van der Waals surface area contributed by atoms with Crippen LogP contribution in [-0.2, 0) is 0 Å². The third-order valence-corrected chi connectivity index (χ3v) is 2.68. The van der Waals surface area contributed by atoms with Crippen molar-refractivity contribution in [3.63, 3.8) is 0 Å². The second kappa shape index (κ2) is 3.87. The van der Waals surface area contributed by atoms with Crippen molar-refractivity contribution >= 4 is 16.7 Å². The summed E-state index contributed by atoms with van der Waals surface area (Å²) in [5.41, 5.74) is 8.66. The second-order valence-electron chi connectivity index (χ2n) is 3.83. The average molecular weight is 221 g/mol. The summed E-state index contributed by atoms with van der Waals surface area (Å²) in [6.07, 6.45) is 1.78. The fourth-order valence-corrected chi connectivity index (χ4v) is 1.93. The van der Waals surface area contributed by atoms with E-state index in [2.05, 4.69) is 9.97 Å². The number of hydrogen-bond acceptors (Lipinski definition) is 3. The molecule has 2 N–H and O–H groups in total. The van der Waals surface area contributed by atoms with E-state index >= 15 is 0 Å².